The molecule has 0 aromatic heterocycles. The van der Waals surface area contributed by atoms with E-state index in [2.05, 4.69) is 32.5 Å². The lowest BCUT2D eigenvalue weighted by atomic mass is 10.2. The molecule has 0 aliphatic carbocycles. The van der Waals surface area contributed by atoms with Crippen molar-refractivity contribution in [1.29, 1.82) is 0 Å². The van der Waals surface area contributed by atoms with Crippen LogP contribution in [-0.2, 0) is 23.9 Å². The van der Waals surface area contributed by atoms with Crippen molar-refractivity contribution in [2.24, 2.45) is 0 Å². The molecule has 0 saturated carbocycles. The van der Waals surface area contributed by atoms with Crippen LogP contribution in [0.2, 0.25) is 0 Å². The first-order valence-corrected chi connectivity index (χ1v) is 14.5. The molecule has 42 heavy (non-hydrogen) atoms. The first-order chi connectivity index (χ1) is 19.6. The lowest BCUT2D eigenvalue weighted by Crippen LogP contribution is -2.41. The Bertz CT molecular complexity index is 838. The fourth-order valence-electron chi connectivity index (χ4n) is 3.35. The topological polar surface area (TPSA) is 167 Å². The van der Waals surface area contributed by atoms with Crippen molar-refractivity contribution >= 4 is 29.9 Å². The first kappa shape index (κ1) is 38.5. The van der Waals surface area contributed by atoms with Gasteiger partial charge in [-0.25, -0.2) is 9.59 Å². The second kappa shape index (κ2) is 21.2. The van der Waals surface area contributed by atoms with Crippen molar-refractivity contribution in [2.75, 3.05) is 52.4 Å². The molecule has 0 aliphatic rings. The van der Waals surface area contributed by atoms with Gasteiger partial charge in [0.05, 0.1) is 0 Å². The molecule has 0 heterocycles. The van der Waals surface area contributed by atoms with Gasteiger partial charge in [0.1, 0.15) is 11.2 Å². The summed E-state index contributed by atoms with van der Waals surface area (Å²) in [6.07, 6.45) is 7.01. The van der Waals surface area contributed by atoms with E-state index in [4.69, 9.17) is 15.9 Å². The minimum atomic E-state index is -0.605. The molecule has 0 aliphatic heterocycles. The Morgan fingerprint density at radius 2 is 1.00 bits per heavy atom. The zero-order valence-corrected chi connectivity index (χ0v) is 26.3. The fourth-order valence-corrected chi connectivity index (χ4v) is 3.35. The minimum Gasteiger partial charge on any atom is -0.444 e. The first-order valence-electron chi connectivity index (χ1n) is 14.5. The van der Waals surface area contributed by atoms with Crippen molar-refractivity contribution in [1.82, 2.24) is 31.5 Å². The van der Waals surface area contributed by atoms with Gasteiger partial charge in [0.2, 0.25) is 17.7 Å². The molecule has 0 radical (unpaired) electrons. The van der Waals surface area contributed by atoms with Crippen molar-refractivity contribution in [3.05, 3.63) is 0 Å². The zero-order valence-electron chi connectivity index (χ0n) is 26.3. The summed E-state index contributed by atoms with van der Waals surface area (Å²) in [6, 6.07) is 0. The second-order valence-electron chi connectivity index (χ2n) is 11.7. The Hall–Kier alpha value is -3.53. The largest absolute Gasteiger partial charge is 0.444 e. The fraction of sp³-hybridized carbons (Fsp3) is 0.759. The third-order valence-electron chi connectivity index (χ3n) is 5.27. The van der Waals surface area contributed by atoms with E-state index in [1.165, 1.54) is 0 Å². The molecular weight excluding hydrogens is 544 g/mol. The normalized spacial score (nSPS) is 11.2. The van der Waals surface area contributed by atoms with E-state index in [-0.39, 0.29) is 56.7 Å². The van der Waals surface area contributed by atoms with E-state index in [0.29, 0.717) is 45.4 Å². The van der Waals surface area contributed by atoms with Gasteiger partial charge in [-0.15, -0.1) is 12.3 Å². The molecule has 240 valence electrons. The van der Waals surface area contributed by atoms with E-state index in [1.807, 2.05) is 4.90 Å². The molecule has 0 spiro atoms. The maximum absolute atomic E-state index is 12.3. The highest BCUT2D eigenvalue weighted by atomic mass is 16.6. The lowest BCUT2D eigenvalue weighted by Gasteiger charge is -2.22. The number of hydrogen-bond acceptors (Lipinski definition) is 8. The minimum absolute atomic E-state index is 0.0718. The van der Waals surface area contributed by atoms with Crippen LogP contribution in [0, 0.1) is 12.3 Å². The average Bonchev–Trinajstić information content (AvgIpc) is 2.86. The number of hydrogen-bond donors (Lipinski definition) is 5. The van der Waals surface area contributed by atoms with Gasteiger partial charge < -0.3 is 41.0 Å². The third-order valence-corrected chi connectivity index (χ3v) is 5.27. The monoisotopic (exact) mass is 596 g/mol. The molecule has 0 aromatic carbocycles. The van der Waals surface area contributed by atoms with Crippen LogP contribution < -0.4 is 26.6 Å². The zero-order chi connectivity index (χ0) is 32.0. The van der Waals surface area contributed by atoms with Gasteiger partial charge in [-0.2, -0.15) is 0 Å². The molecule has 0 aromatic rings. The van der Waals surface area contributed by atoms with Crippen LogP contribution in [0.4, 0.5) is 9.59 Å². The number of terminal acetylenes is 1. The highest BCUT2D eigenvalue weighted by Crippen LogP contribution is 2.07. The Kier molecular flexibility index (Phi) is 19.4. The molecule has 0 bridgehead atoms. The van der Waals surface area contributed by atoms with E-state index < -0.39 is 23.4 Å². The summed E-state index contributed by atoms with van der Waals surface area (Å²) >= 11 is 0. The van der Waals surface area contributed by atoms with Crippen LogP contribution in [-0.4, -0.2) is 98.4 Å². The maximum atomic E-state index is 12.3. The van der Waals surface area contributed by atoms with Gasteiger partial charge >= 0.3 is 12.2 Å². The molecule has 0 rings (SSSR count). The Morgan fingerprint density at radius 1 is 0.595 bits per heavy atom. The van der Waals surface area contributed by atoms with Crippen molar-refractivity contribution in [2.45, 2.75) is 91.3 Å². The summed E-state index contributed by atoms with van der Waals surface area (Å²) in [4.78, 5) is 62.1. The summed E-state index contributed by atoms with van der Waals surface area (Å²) < 4.78 is 10.3. The summed E-state index contributed by atoms with van der Waals surface area (Å²) in [5.74, 6) is 2.07. The van der Waals surface area contributed by atoms with Crippen molar-refractivity contribution in [3.63, 3.8) is 0 Å². The number of rotatable bonds is 19. The predicted octanol–water partition coefficient (Wildman–Crippen LogP) is 1.66. The number of nitrogens with zero attached hydrogens (tertiary/aromatic N) is 1. The van der Waals surface area contributed by atoms with E-state index >= 15 is 0 Å². The molecule has 13 heteroatoms. The van der Waals surface area contributed by atoms with Crippen LogP contribution >= 0.6 is 0 Å². The summed E-state index contributed by atoms with van der Waals surface area (Å²) in [6.45, 7) is 13.1. The van der Waals surface area contributed by atoms with Gasteiger partial charge in [-0.3, -0.25) is 14.4 Å². The number of nitrogens with one attached hydrogen (secondary N) is 5. The average molecular weight is 597 g/mol. The van der Waals surface area contributed by atoms with Gasteiger partial charge in [0.25, 0.3) is 0 Å². The van der Waals surface area contributed by atoms with Crippen LogP contribution in [0.1, 0.15) is 80.1 Å². The quantitative estimate of drug-likeness (QED) is 0.111. The SMILES string of the molecule is C#CCCCCC(=O)NCCN(CCC(=O)NCCNC(=O)OC(C)(C)C)CCC(=O)NCCNC(=O)OC(C)(C)C. The van der Waals surface area contributed by atoms with Gasteiger partial charge in [0, 0.05) is 78.0 Å². The Balaban J connectivity index is 4.57. The number of amides is 5. The van der Waals surface area contributed by atoms with Crippen LogP contribution in [0.15, 0.2) is 0 Å². The Labute approximate surface area is 251 Å². The van der Waals surface area contributed by atoms with Gasteiger partial charge in [0.15, 0.2) is 0 Å². The van der Waals surface area contributed by atoms with Crippen LogP contribution in [0.3, 0.4) is 0 Å². The summed E-state index contributed by atoms with van der Waals surface area (Å²) in [7, 11) is 0. The summed E-state index contributed by atoms with van der Waals surface area (Å²) in [5.41, 5.74) is -1.21. The molecule has 5 N–H and O–H groups in total. The second-order valence-corrected chi connectivity index (χ2v) is 11.7. The maximum Gasteiger partial charge on any atom is 0.407 e. The number of unbranched alkanes of at least 4 members (excludes halogenated alkanes) is 2. The molecule has 0 saturated heterocycles. The number of carbonyl (C=O) groups is 5. The van der Waals surface area contributed by atoms with E-state index in [9.17, 15) is 24.0 Å². The Morgan fingerprint density at radius 3 is 1.43 bits per heavy atom. The van der Waals surface area contributed by atoms with Crippen LogP contribution in [0.5, 0.6) is 0 Å². The number of carbonyl (C=O) groups excluding carboxylic acids is 5. The molecule has 0 fully saturated rings. The third kappa shape index (κ3) is 25.4. The molecule has 0 unspecified atom stereocenters. The lowest BCUT2D eigenvalue weighted by molar-refractivity contribution is -0.123. The smallest absolute Gasteiger partial charge is 0.407 e. The summed E-state index contributed by atoms with van der Waals surface area (Å²) in [5, 5.41) is 13.5. The number of alkyl carbamates (subject to hydrolysis) is 2. The highest BCUT2D eigenvalue weighted by Gasteiger charge is 2.17. The standard InChI is InChI=1S/C29H52N6O7/c1-8-9-10-11-12-23(36)32-19-22-35(20-13-24(37)30-15-17-33-26(39)41-28(2,3)4)21-14-25(38)31-16-18-34-27(40)42-29(5,6)7/h1H,9-22H2,2-7H3,(H,30,37)(H,31,38)(H,32,36)(H,33,39)(H,34,40). The highest BCUT2D eigenvalue weighted by molar-refractivity contribution is 5.77. The molecule has 5 amide bonds. The predicted molar refractivity (Wildman–Crippen MR) is 160 cm³/mol. The molecule has 0 atom stereocenters. The van der Waals surface area contributed by atoms with E-state index in [0.717, 1.165) is 6.42 Å². The van der Waals surface area contributed by atoms with Crippen LogP contribution in [0.25, 0.3) is 0 Å². The van der Waals surface area contributed by atoms with Gasteiger partial charge in [-0.05, 0) is 54.4 Å². The number of ether oxygens (including phenoxy) is 2. The molecular formula is C29H52N6O7. The van der Waals surface area contributed by atoms with Crippen molar-refractivity contribution in [3.8, 4) is 12.3 Å². The molecule has 13 nitrogen and oxygen atoms in total. The van der Waals surface area contributed by atoms with Crippen molar-refractivity contribution < 1.29 is 33.4 Å². The van der Waals surface area contributed by atoms with E-state index in [1.54, 1.807) is 41.5 Å². The van der Waals surface area contributed by atoms with Gasteiger partial charge in [-0.1, -0.05) is 0 Å².